The number of benzene rings is 2. The summed E-state index contributed by atoms with van der Waals surface area (Å²) < 4.78 is 5.96. The van der Waals surface area contributed by atoms with Crippen LogP contribution in [0.3, 0.4) is 0 Å². The first-order valence-electron chi connectivity index (χ1n) is 12.5. The average Bonchev–Trinajstić information content (AvgIpc) is 3.58. The van der Waals surface area contributed by atoms with Crippen molar-refractivity contribution in [2.24, 2.45) is 0 Å². The zero-order valence-electron chi connectivity index (χ0n) is 20.1. The zero-order chi connectivity index (χ0) is 25.0. The van der Waals surface area contributed by atoms with Gasteiger partial charge >= 0.3 is 6.03 Å². The molecule has 1 saturated carbocycles. The molecule has 0 bridgehead atoms. The maximum Gasteiger partial charge on any atom is 0.324 e. The first-order valence-corrected chi connectivity index (χ1v) is 12.5. The van der Waals surface area contributed by atoms with E-state index in [1.165, 1.54) is 23.3 Å². The predicted octanol–water partition coefficient (Wildman–Crippen LogP) is 3.41. The van der Waals surface area contributed by atoms with Crippen LogP contribution < -0.4 is 10.6 Å². The summed E-state index contributed by atoms with van der Waals surface area (Å²) in [4.78, 5) is 53.2. The van der Waals surface area contributed by atoms with Crippen LogP contribution in [0.4, 0.5) is 10.5 Å². The number of ether oxygens (including phenoxy) is 1. The van der Waals surface area contributed by atoms with Gasteiger partial charge in [0.1, 0.15) is 6.04 Å². The third kappa shape index (κ3) is 3.93. The molecular weight excluding hydrogens is 460 g/mol. The lowest BCUT2D eigenvalue weighted by atomic mass is 10.0. The summed E-state index contributed by atoms with van der Waals surface area (Å²) in [7, 11) is 0. The van der Waals surface area contributed by atoms with Crippen molar-refractivity contribution >= 4 is 29.4 Å². The van der Waals surface area contributed by atoms with E-state index >= 15 is 0 Å². The summed E-state index contributed by atoms with van der Waals surface area (Å²) in [5, 5.41) is 5.27. The second-order valence-corrected chi connectivity index (χ2v) is 9.87. The molecule has 6 rings (SSSR count). The third-order valence-electron chi connectivity index (χ3n) is 7.47. The molecule has 0 aromatic heterocycles. The standard InChI is InChI=1S/C27H28N4O5/c1-2-36-26-21-7-5-16(15-3-4-15)11-17(21)14-31(26)27(35)28-19-6-8-20-18(12-19)13-30(25(20)34)22-9-10-23(32)29-24(22)33/h5-8,11-12,15,22,26H,2-4,9-10,13-14H2,1H3,(H,28,35)(H,29,32,33). The summed E-state index contributed by atoms with van der Waals surface area (Å²) in [6.07, 6.45) is 2.51. The van der Waals surface area contributed by atoms with Gasteiger partial charge in [-0.15, -0.1) is 0 Å². The minimum Gasteiger partial charge on any atom is -0.354 e. The van der Waals surface area contributed by atoms with Gasteiger partial charge in [0.15, 0.2) is 6.23 Å². The molecule has 36 heavy (non-hydrogen) atoms. The average molecular weight is 489 g/mol. The van der Waals surface area contributed by atoms with Crippen molar-refractivity contribution in [3.8, 4) is 0 Å². The van der Waals surface area contributed by atoms with Gasteiger partial charge in [0.05, 0.1) is 6.54 Å². The number of nitrogens with one attached hydrogen (secondary N) is 2. The number of piperidine rings is 1. The summed E-state index contributed by atoms with van der Waals surface area (Å²) in [6.45, 7) is 3.12. The van der Waals surface area contributed by atoms with E-state index < -0.39 is 18.2 Å². The highest BCUT2D eigenvalue weighted by molar-refractivity contribution is 6.05. The Kier molecular flexibility index (Phi) is 5.52. The van der Waals surface area contributed by atoms with E-state index in [1.807, 2.05) is 6.92 Å². The number of carbonyl (C=O) groups is 4. The van der Waals surface area contributed by atoms with Crippen LogP contribution in [0.15, 0.2) is 36.4 Å². The molecule has 1 aliphatic carbocycles. The minimum atomic E-state index is -0.670. The van der Waals surface area contributed by atoms with Crippen molar-refractivity contribution in [1.29, 1.82) is 0 Å². The fourth-order valence-corrected chi connectivity index (χ4v) is 5.47. The monoisotopic (exact) mass is 488 g/mol. The van der Waals surface area contributed by atoms with Crippen LogP contribution in [0.25, 0.3) is 0 Å². The molecule has 2 unspecified atom stereocenters. The second kappa shape index (κ2) is 8.74. The molecule has 186 valence electrons. The van der Waals surface area contributed by atoms with E-state index in [0.29, 0.717) is 36.7 Å². The highest BCUT2D eigenvalue weighted by Gasteiger charge is 2.40. The Hall–Kier alpha value is -3.72. The van der Waals surface area contributed by atoms with Gasteiger partial charge < -0.3 is 15.0 Å². The second-order valence-electron chi connectivity index (χ2n) is 9.87. The van der Waals surface area contributed by atoms with Crippen LogP contribution in [-0.2, 0) is 27.4 Å². The zero-order valence-corrected chi connectivity index (χ0v) is 20.1. The SMILES string of the molecule is CCOC1c2ccc(C3CC3)cc2CN1C(=O)Nc1ccc2c(c1)CN(C1CCC(=O)NC1=O)C2=O. The van der Waals surface area contributed by atoms with Crippen LogP contribution in [0.2, 0.25) is 0 Å². The number of nitrogens with zero attached hydrogens (tertiary/aromatic N) is 2. The summed E-state index contributed by atoms with van der Waals surface area (Å²) >= 11 is 0. The van der Waals surface area contributed by atoms with Crippen molar-refractivity contribution in [2.45, 2.75) is 63.9 Å². The molecule has 0 spiro atoms. The van der Waals surface area contributed by atoms with Crippen molar-refractivity contribution in [1.82, 2.24) is 15.1 Å². The smallest absolute Gasteiger partial charge is 0.324 e. The lowest BCUT2D eigenvalue weighted by molar-refractivity contribution is -0.136. The molecule has 9 heteroatoms. The lowest BCUT2D eigenvalue weighted by Gasteiger charge is -2.29. The molecule has 9 nitrogen and oxygen atoms in total. The van der Waals surface area contributed by atoms with Gasteiger partial charge in [-0.05, 0) is 67.0 Å². The van der Waals surface area contributed by atoms with Crippen molar-refractivity contribution in [3.63, 3.8) is 0 Å². The van der Waals surface area contributed by atoms with Gasteiger partial charge in [-0.25, -0.2) is 4.79 Å². The number of hydrogen-bond donors (Lipinski definition) is 2. The fraction of sp³-hybridized carbons (Fsp3) is 0.407. The van der Waals surface area contributed by atoms with E-state index in [4.69, 9.17) is 4.74 Å². The van der Waals surface area contributed by atoms with E-state index in [2.05, 4.69) is 28.8 Å². The van der Waals surface area contributed by atoms with E-state index in [-0.39, 0.29) is 30.8 Å². The third-order valence-corrected chi connectivity index (χ3v) is 7.47. The Morgan fingerprint density at radius 1 is 1.06 bits per heavy atom. The summed E-state index contributed by atoms with van der Waals surface area (Å²) in [6, 6.07) is 10.7. The number of imide groups is 1. The molecule has 3 aliphatic heterocycles. The number of rotatable bonds is 5. The number of anilines is 1. The van der Waals surface area contributed by atoms with Gasteiger partial charge in [0.2, 0.25) is 11.8 Å². The molecule has 0 radical (unpaired) electrons. The maximum atomic E-state index is 13.3. The van der Waals surface area contributed by atoms with Crippen LogP contribution >= 0.6 is 0 Å². The van der Waals surface area contributed by atoms with Gasteiger partial charge in [-0.2, -0.15) is 0 Å². The highest BCUT2D eigenvalue weighted by Crippen LogP contribution is 2.43. The Labute approximate surface area is 208 Å². The molecule has 4 aliphatic rings. The first kappa shape index (κ1) is 22.7. The van der Waals surface area contributed by atoms with E-state index in [0.717, 1.165) is 16.7 Å². The topological polar surface area (TPSA) is 108 Å². The maximum absolute atomic E-state index is 13.3. The minimum absolute atomic E-state index is 0.208. The Morgan fingerprint density at radius 2 is 1.89 bits per heavy atom. The Bertz CT molecular complexity index is 1290. The number of urea groups is 1. The normalized spacial score (nSPS) is 23.0. The molecule has 2 aromatic rings. The fourth-order valence-electron chi connectivity index (χ4n) is 5.47. The molecule has 3 heterocycles. The summed E-state index contributed by atoms with van der Waals surface area (Å²) in [5.74, 6) is -0.363. The van der Waals surface area contributed by atoms with Crippen molar-refractivity contribution < 1.29 is 23.9 Å². The largest absolute Gasteiger partial charge is 0.354 e. The molecule has 2 N–H and O–H groups in total. The molecule has 5 amide bonds. The van der Waals surface area contributed by atoms with Crippen LogP contribution in [0.5, 0.6) is 0 Å². The van der Waals surface area contributed by atoms with E-state index in [1.54, 1.807) is 23.1 Å². The van der Waals surface area contributed by atoms with Crippen LogP contribution in [-0.4, -0.2) is 46.2 Å². The van der Waals surface area contributed by atoms with Crippen molar-refractivity contribution in [2.75, 3.05) is 11.9 Å². The number of fused-ring (bicyclic) bond motifs is 2. The predicted molar refractivity (Wildman–Crippen MR) is 130 cm³/mol. The Morgan fingerprint density at radius 3 is 2.64 bits per heavy atom. The van der Waals surface area contributed by atoms with E-state index in [9.17, 15) is 19.2 Å². The lowest BCUT2D eigenvalue weighted by Crippen LogP contribution is -2.52. The number of carbonyl (C=O) groups excluding carboxylic acids is 4. The molecule has 1 saturated heterocycles. The van der Waals surface area contributed by atoms with Crippen LogP contribution in [0, 0.1) is 0 Å². The van der Waals surface area contributed by atoms with Crippen molar-refractivity contribution in [3.05, 3.63) is 64.2 Å². The quantitative estimate of drug-likeness (QED) is 0.627. The van der Waals surface area contributed by atoms with Gasteiger partial charge in [-0.1, -0.05) is 18.2 Å². The first-order chi connectivity index (χ1) is 17.4. The van der Waals surface area contributed by atoms with Gasteiger partial charge in [0, 0.05) is 36.4 Å². The Balaban J connectivity index is 1.18. The highest BCUT2D eigenvalue weighted by atomic mass is 16.5. The number of hydrogen-bond acceptors (Lipinski definition) is 5. The van der Waals surface area contributed by atoms with Crippen LogP contribution in [0.1, 0.15) is 77.4 Å². The summed E-state index contributed by atoms with van der Waals surface area (Å²) in [5.41, 5.74) is 5.29. The molecule has 2 atom stereocenters. The molecule has 2 fully saturated rings. The van der Waals surface area contributed by atoms with Gasteiger partial charge in [-0.3, -0.25) is 24.6 Å². The van der Waals surface area contributed by atoms with Gasteiger partial charge in [0.25, 0.3) is 5.91 Å². The molecular formula is C27H28N4O5. The number of amides is 5. The molecule has 2 aromatic carbocycles.